The number of aromatic nitrogens is 3. The number of carbonyl (C=O) groups is 1. The van der Waals surface area contributed by atoms with Gasteiger partial charge in [-0.25, -0.2) is 13.6 Å². The Morgan fingerprint density at radius 2 is 2.06 bits per heavy atom. The molecule has 0 atom stereocenters. The van der Waals surface area contributed by atoms with Crippen LogP contribution in [-0.4, -0.2) is 32.3 Å². The number of nitrogens with zero attached hydrogens (tertiary/aromatic N) is 3. The third-order valence-corrected chi connectivity index (χ3v) is 6.92. The monoisotopic (exact) mass is 489 g/mol. The van der Waals surface area contributed by atoms with Crippen molar-refractivity contribution < 1.29 is 23.5 Å². The molecular weight excluding hydrogens is 472 g/mol. The topological polar surface area (TPSA) is 69.3 Å². The molecule has 1 N–H and O–H groups in total. The highest BCUT2D eigenvalue weighted by molar-refractivity contribution is 7.99. The summed E-state index contributed by atoms with van der Waals surface area (Å²) in [5.41, 5.74) is 1.31. The molecular formula is C23H18ClF2N3O3S. The van der Waals surface area contributed by atoms with Crippen molar-refractivity contribution in [3.05, 3.63) is 70.6 Å². The van der Waals surface area contributed by atoms with Gasteiger partial charge in [0.15, 0.2) is 11.6 Å². The van der Waals surface area contributed by atoms with Crippen molar-refractivity contribution in [2.45, 2.75) is 35.5 Å². The molecule has 2 heterocycles. The summed E-state index contributed by atoms with van der Waals surface area (Å²) in [5.74, 6) is -1.93. The fraction of sp³-hybridized carbons (Fsp3) is 0.217. The van der Waals surface area contributed by atoms with Gasteiger partial charge in [-0.3, -0.25) is 0 Å². The van der Waals surface area contributed by atoms with E-state index in [0.717, 1.165) is 30.3 Å². The highest BCUT2D eigenvalue weighted by atomic mass is 35.5. The van der Waals surface area contributed by atoms with E-state index in [4.69, 9.17) is 16.3 Å². The Balaban J connectivity index is 1.74. The lowest BCUT2D eigenvalue weighted by Gasteiger charge is -2.11. The molecule has 2 aromatic carbocycles. The van der Waals surface area contributed by atoms with Gasteiger partial charge in [0.25, 0.3) is 0 Å². The summed E-state index contributed by atoms with van der Waals surface area (Å²) < 4.78 is 37.2. The standard InChI is InChI=1S/C23H18ClF2N3O3S/c1-2-32-23(30)14-4-3-5-17(18(14)25)33-22-15-8-9-16(24)19(26)21(15)29(20(22)12-6-7-12)13-10-27-28(31)11-13/h3-5,8-12,31H,2,6-7H2,1H3. The van der Waals surface area contributed by atoms with Crippen molar-refractivity contribution >= 4 is 40.2 Å². The Bertz CT molecular complexity index is 1400. The molecule has 1 fully saturated rings. The molecule has 0 radical (unpaired) electrons. The maximum Gasteiger partial charge on any atom is 0.341 e. The molecule has 5 rings (SSSR count). The van der Waals surface area contributed by atoms with Gasteiger partial charge in [0.2, 0.25) is 0 Å². The zero-order chi connectivity index (χ0) is 23.3. The minimum Gasteiger partial charge on any atom is -0.462 e. The van der Waals surface area contributed by atoms with Crippen LogP contribution < -0.4 is 0 Å². The number of esters is 1. The predicted molar refractivity (Wildman–Crippen MR) is 120 cm³/mol. The molecule has 0 aliphatic heterocycles. The smallest absolute Gasteiger partial charge is 0.341 e. The first-order valence-corrected chi connectivity index (χ1v) is 11.5. The summed E-state index contributed by atoms with van der Waals surface area (Å²) >= 11 is 7.23. The summed E-state index contributed by atoms with van der Waals surface area (Å²) in [5, 5.41) is 14.0. The fourth-order valence-electron chi connectivity index (χ4n) is 3.89. The lowest BCUT2D eigenvalue weighted by molar-refractivity contribution is 0.0520. The SMILES string of the molecule is CCOC(=O)c1cccc(Sc2c(C3CC3)n(-c3cnn(O)c3)c3c(F)c(Cl)ccc23)c1F. The number of carbonyl (C=O) groups excluding carboxylic acids is 1. The maximum absolute atomic E-state index is 15.3. The van der Waals surface area contributed by atoms with Crippen LogP contribution >= 0.6 is 23.4 Å². The third kappa shape index (κ3) is 3.75. The van der Waals surface area contributed by atoms with Crippen LogP contribution in [0.3, 0.4) is 0 Å². The number of ether oxygens (including phenoxy) is 1. The van der Waals surface area contributed by atoms with E-state index in [0.29, 0.717) is 20.8 Å². The first-order chi connectivity index (χ1) is 15.9. The summed E-state index contributed by atoms with van der Waals surface area (Å²) in [4.78, 5) is 13.7. The van der Waals surface area contributed by atoms with Gasteiger partial charge < -0.3 is 14.5 Å². The van der Waals surface area contributed by atoms with E-state index in [1.807, 2.05) is 0 Å². The van der Waals surface area contributed by atoms with Crippen molar-refractivity contribution in [2.24, 2.45) is 0 Å². The molecule has 0 bridgehead atoms. The highest BCUT2D eigenvalue weighted by Gasteiger charge is 2.35. The van der Waals surface area contributed by atoms with Gasteiger partial charge in [0.05, 0.1) is 40.8 Å². The highest BCUT2D eigenvalue weighted by Crippen LogP contribution is 2.51. The van der Waals surface area contributed by atoms with Crippen molar-refractivity contribution in [3.8, 4) is 5.69 Å². The third-order valence-electron chi connectivity index (χ3n) is 5.46. The number of hydrogen-bond acceptors (Lipinski definition) is 5. The summed E-state index contributed by atoms with van der Waals surface area (Å²) in [6, 6.07) is 7.69. The zero-order valence-electron chi connectivity index (χ0n) is 17.4. The molecule has 2 aromatic heterocycles. The van der Waals surface area contributed by atoms with Crippen LogP contribution in [0.25, 0.3) is 16.6 Å². The minimum atomic E-state index is -0.740. The summed E-state index contributed by atoms with van der Waals surface area (Å²) in [6.07, 6.45) is 4.56. The lowest BCUT2D eigenvalue weighted by atomic mass is 10.2. The largest absolute Gasteiger partial charge is 0.462 e. The van der Waals surface area contributed by atoms with Gasteiger partial charge in [-0.05, 0) is 44.0 Å². The van der Waals surface area contributed by atoms with Gasteiger partial charge in [-0.15, -0.1) is 9.94 Å². The van der Waals surface area contributed by atoms with E-state index in [-0.39, 0.29) is 33.5 Å². The molecule has 1 saturated carbocycles. The second-order valence-corrected chi connectivity index (χ2v) is 9.10. The number of benzene rings is 2. The normalized spacial score (nSPS) is 13.6. The van der Waals surface area contributed by atoms with Crippen molar-refractivity contribution in [2.75, 3.05) is 6.61 Å². The summed E-state index contributed by atoms with van der Waals surface area (Å²) in [6.45, 7) is 1.78. The van der Waals surface area contributed by atoms with Gasteiger partial charge in [-0.2, -0.15) is 0 Å². The van der Waals surface area contributed by atoms with Crippen LogP contribution in [0.2, 0.25) is 5.02 Å². The van der Waals surface area contributed by atoms with Gasteiger partial charge in [0, 0.05) is 26.8 Å². The lowest BCUT2D eigenvalue weighted by Crippen LogP contribution is -2.07. The number of rotatable bonds is 6. The molecule has 0 unspecified atom stereocenters. The Morgan fingerprint density at radius 1 is 1.27 bits per heavy atom. The van der Waals surface area contributed by atoms with Crippen molar-refractivity contribution in [1.82, 2.24) is 14.5 Å². The van der Waals surface area contributed by atoms with Gasteiger partial charge >= 0.3 is 5.97 Å². The molecule has 170 valence electrons. The van der Waals surface area contributed by atoms with E-state index in [1.54, 1.807) is 29.7 Å². The van der Waals surface area contributed by atoms with Crippen LogP contribution in [0, 0.1) is 11.6 Å². The second-order valence-electron chi connectivity index (χ2n) is 7.64. The molecule has 0 amide bonds. The predicted octanol–water partition coefficient (Wildman–Crippen LogP) is 6.20. The van der Waals surface area contributed by atoms with Crippen LogP contribution in [0.15, 0.2) is 52.5 Å². The van der Waals surface area contributed by atoms with E-state index < -0.39 is 17.6 Å². The molecule has 1 aliphatic carbocycles. The number of fused-ring (bicyclic) bond motifs is 1. The summed E-state index contributed by atoms with van der Waals surface area (Å²) in [7, 11) is 0. The van der Waals surface area contributed by atoms with Crippen LogP contribution in [0.4, 0.5) is 8.78 Å². The second kappa shape index (κ2) is 8.39. The molecule has 0 saturated heterocycles. The van der Waals surface area contributed by atoms with E-state index in [1.165, 1.54) is 24.5 Å². The zero-order valence-corrected chi connectivity index (χ0v) is 19.0. The van der Waals surface area contributed by atoms with E-state index >= 15 is 8.78 Å². The minimum absolute atomic E-state index is 0.0490. The number of hydrogen-bond donors (Lipinski definition) is 1. The molecule has 4 aromatic rings. The van der Waals surface area contributed by atoms with Crippen molar-refractivity contribution in [3.63, 3.8) is 0 Å². The van der Waals surface area contributed by atoms with Crippen LogP contribution in [0.1, 0.15) is 41.7 Å². The van der Waals surface area contributed by atoms with Crippen LogP contribution in [-0.2, 0) is 4.74 Å². The fourth-order valence-corrected chi connectivity index (χ4v) is 5.24. The van der Waals surface area contributed by atoms with Gasteiger partial charge in [0.1, 0.15) is 0 Å². The van der Waals surface area contributed by atoms with E-state index in [2.05, 4.69) is 5.10 Å². The van der Waals surface area contributed by atoms with Crippen molar-refractivity contribution in [1.29, 1.82) is 0 Å². The maximum atomic E-state index is 15.3. The Hall–Kier alpha value is -3.04. The molecule has 10 heteroatoms. The molecule has 6 nitrogen and oxygen atoms in total. The first-order valence-electron chi connectivity index (χ1n) is 10.3. The first kappa shape index (κ1) is 21.8. The quantitative estimate of drug-likeness (QED) is 0.258. The Morgan fingerprint density at radius 3 is 2.73 bits per heavy atom. The molecule has 0 spiro atoms. The average Bonchev–Trinajstić information content (AvgIpc) is 3.46. The van der Waals surface area contributed by atoms with Crippen LogP contribution in [0.5, 0.6) is 0 Å². The molecule has 1 aliphatic rings. The molecule has 33 heavy (non-hydrogen) atoms. The average molecular weight is 490 g/mol. The van der Waals surface area contributed by atoms with Gasteiger partial charge in [-0.1, -0.05) is 29.4 Å². The Kier molecular flexibility index (Phi) is 5.54. The number of halogens is 3. The van der Waals surface area contributed by atoms with E-state index in [9.17, 15) is 10.0 Å². The Labute approximate surface area is 196 Å².